The minimum atomic E-state index is 0.816. The van der Waals surface area contributed by atoms with Gasteiger partial charge in [0.2, 0.25) is 0 Å². The Morgan fingerprint density at radius 2 is 2.11 bits per heavy atom. The van der Waals surface area contributed by atoms with Crippen LogP contribution in [-0.2, 0) is 11.2 Å². The van der Waals surface area contributed by atoms with Gasteiger partial charge in [0.1, 0.15) is 5.76 Å². The molecule has 108 valence electrons. The van der Waals surface area contributed by atoms with E-state index < -0.39 is 0 Å². The van der Waals surface area contributed by atoms with Crippen LogP contribution >= 0.6 is 0 Å². The zero-order valence-corrected chi connectivity index (χ0v) is 11.9. The van der Waals surface area contributed by atoms with E-state index in [-0.39, 0.29) is 0 Å². The van der Waals surface area contributed by atoms with Crippen molar-refractivity contribution in [3.05, 3.63) is 24.2 Å². The van der Waals surface area contributed by atoms with Crippen LogP contribution in [0, 0.1) is 0 Å². The highest BCUT2D eigenvalue weighted by Crippen LogP contribution is 1.99. The lowest BCUT2D eigenvalue weighted by atomic mass is 10.2. The number of nitrogens with zero attached hydrogens (tertiary/aromatic N) is 1. The molecule has 0 aliphatic carbocycles. The molecule has 1 rings (SSSR count). The summed E-state index contributed by atoms with van der Waals surface area (Å²) in [7, 11) is 3.52. The zero-order chi connectivity index (χ0) is 13.8. The Morgan fingerprint density at radius 1 is 1.26 bits per heavy atom. The van der Waals surface area contributed by atoms with Crippen molar-refractivity contribution < 1.29 is 9.15 Å². The number of nitrogens with one attached hydrogen (secondary N) is 2. The molecule has 0 bridgehead atoms. The molecule has 1 aromatic rings. The summed E-state index contributed by atoms with van der Waals surface area (Å²) >= 11 is 0. The van der Waals surface area contributed by atoms with Gasteiger partial charge in [0.15, 0.2) is 5.96 Å². The summed E-state index contributed by atoms with van der Waals surface area (Å²) < 4.78 is 10.3. The molecule has 0 radical (unpaired) electrons. The quantitative estimate of drug-likeness (QED) is 0.407. The lowest BCUT2D eigenvalue weighted by Gasteiger charge is -2.11. The first kappa shape index (κ1) is 15.6. The summed E-state index contributed by atoms with van der Waals surface area (Å²) in [4.78, 5) is 4.18. The number of ether oxygens (including phenoxy) is 1. The molecule has 0 unspecified atom stereocenters. The van der Waals surface area contributed by atoms with Gasteiger partial charge in [-0.2, -0.15) is 0 Å². The van der Waals surface area contributed by atoms with Gasteiger partial charge in [0.05, 0.1) is 6.26 Å². The molecular weight excluding hydrogens is 242 g/mol. The molecule has 1 heterocycles. The Morgan fingerprint density at radius 3 is 2.79 bits per heavy atom. The monoisotopic (exact) mass is 267 g/mol. The molecule has 0 aromatic carbocycles. The van der Waals surface area contributed by atoms with Gasteiger partial charge in [0, 0.05) is 40.3 Å². The van der Waals surface area contributed by atoms with Crippen LogP contribution < -0.4 is 10.6 Å². The van der Waals surface area contributed by atoms with Gasteiger partial charge in [-0.25, -0.2) is 0 Å². The van der Waals surface area contributed by atoms with Crippen LogP contribution in [0.4, 0.5) is 0 Å². The fourth-order valence-electron chi connectivity index (χ4n) is 1.73. The number of aliphatic imine (C=N–C) groups is 1. The number of methoxy groups -OCH3 is 1. The summed E-state index contributed by atoms with van der Waals surface area (Å²) in [5.74, 6) is 1.83. The topological polar surface area (TPSA) is 58.8 Å². The van der Waals surface area contributed by atoms with Crippen molar-refractivity contribution in [2.24, 2.45) is 4.99 Å². The van der Waals surface area contributed by atoms with E-state index >= 15 is 0 Å². The van der Waals surface area contributed by atoms with Crippen LogP contribution in [0.25, 0.3) is 0 Å². The molecule has 0 spiro atoms. The molecule has 5 nitrogen and oxygen atoms in total. The maximum Gasteiger partial charge on any atom is 0.190 e. The predicted molar refractivity (Wildman–Crippen MR) is 77.5 cm³/mol. The molecule has 0 amide bonds. The number of unbranched alkanes of at least 4 members (excludes halogenated alkanes) is 2. The number of guanidine groups is 1. The second-order valence-electron chi connectivity index (χ2n) is 4.31. The van der Waals surface area contributed by atoms with E-state index in [9.17, 15) is 0 Å². The van der Waals surface area contributed by atoms with E-state index in [1.54, 1.807) is 20.4 Å². The van der Waals surface area contributed by atoms with Gasteiger partial charge >= 0.3 is 0 Å². The number of hydrogen-bond acceptors (Lipinski definition) is 3. The van der Waals surface area contributed by atoms with Crippen molar-refractivity contribution in [3.8, 4) is 0 Å². The van der Waals surface area contributed by atoms with Crippen molar-refractivity contribution in [2.75, 3.05) is 33.9 Å². The molecule has 0 atom stereocenters. The Labute approximate surface area is 115 Å². The van der Waals surface area contributed by atoms with E-state index in [1.807, 2.05) is 12.1 Å². The highest BCUT2D eigenvalue weighted by Gasteiger charge is 1.98. The van der Waals surface area contributed by atoms with Crippen molar-refractivity contribution in [1.82, 2.24) is 10.6 Å². The third-order valence-corrected chi connectivity index (χ3v) is 2.79. The third-order valence-electron chi connectivity index (χ3n) is 2.79. The van der Waals surface area contributed by atoms with Gasteiger partial charge < -0.3 is 19.8 Å². The van der Waals surface area contributed by atoms with Gasteiger partial charge in [-0.1, -0.05) is 0 Å². The Balaban J connectivity index is 2.03. The molecule has 0 saturated heterocycles. The molecule has 2 N–H and O–H groups in total. The SMILES string of the molecule is CN=C(NCCCCCOC)NCCc1ccco1. The maximum absolute atomic E-state index is 5.27. The first-order valence-electron chi connectivity index (χ1n) is 6.82. The van der Waals surface area contributed by atoms with E-state index in [0.717, 1.165) is 50.7 Å². The van der Waals surface area contributed by atoms with Gasteiger partial charge in [-0.05, 0) is 31.4 Å². The highest BCUT2D eigenvalue weighted by atomic mass is 16.5. The predicted octanol–water partition coefficient (Wildman–Crippen LogP) is 1.80. The summed E-state index contributed by atoms with van der Waals surface area (Å²) in [6, 6.07) is 3.89. The van der Waals surface area contributed by atoms with Crippen LogP contribution in [0.3, 0.4) is 0 Å². The molecular formula is C14H25N3O2. The number of furan rings is 1. The first-order chi connectivity index (χ1) is 9.36. The molecule has 0 aliphatic rings. The minimum absolute atomic E-state index is 0.816. The Hall–Kier alpha value is -1.49. The molecule has 0 aliphatic heterocycles. The maximum atomic E-state index is 5.27. The Kier molecular flexibility index (Phi) is 8.55. The second kappa shape index (κ2) is 10.4. The van der Waals surface area contributed by atoms with Gasteiger partial charge in [0.25, 0.3) is 0 Å². The lowest BCUT2D eigenvalue weighted by molar-refractivity contribution is 0.192. The van der Waals surface area contributed by atoms with Crippen LogP contribution in [0.2, 0.25) is 0 Å². The first-order valence-corrected chi connectivity index (χ1v) is 6.82. The van der Waals surface area contributed by atoms with Crippen LogP contribution in [-0.4, -0.2) is 39.8 Å². The summed E-state index contributed by atoms with van der Waals surface area (Å²) in [5, 5.41) is 6.56. The van der Waals surface area contributed by atoms with Gasteiger partial charge in [-0.3, -0.25) is 4.99 Å². The van der Waals surface area contributed by atoms with E-state index in [0.29, 0.717) is 0 Å². The molecule has 0 saturated carbocycles. The van der Waals surface area contributed by atoms with Crippen LogP contribution in [0.1, 0.15) is 25.0 Å². The smallest absolute Gasteiger partial charge is 0.190 e. The van der Waals surface area contributed by atoms with E-state index in [1.165, 1.54) is 6.42 Å². The van der Waals surface area contributed by atoms with E-state index in [2.05, 4.69) is 15.6 Å². The normalized spacial score (nSPS) is 11.6. The summed E-state index contributed by atoms with van der Waals surface area (Å²) in [5.41, 5.74) is 0. The van der Waals surface area contributed by atoms with Crippen molar-refractivity contribution in [2.45, 2.75) is 25.7 Å². The highest BCUT2D eigenvalue weighted by molar-refractivity contribution is 5.79. The van der Waals surface area contributed by atoms with Crippen LogP contribution in [0.5, 0.6) is 0 Å². The lowest BCUT2D eigenvalue weighted by Crippen LogP contribution is -2.38. The molecule has 1 aromatic heterocycles. The average Bonchev–Trinajstić information content (AvgIpc) is 2.93. The molecule has 5 heteroatoms. The standard InChI is InChI=1S/C14H25N3O2/c1-15-14(16-9-4-3-5-11-18-2)17-10-8-13-7-6-12-19-13/h6-7,12H,3-5,8-11H2,1-2H3,(H2,15,16,17). The zero-order valence-electron chi connectivity index (χ0n) is 11.9. The molecule has 19 heavy (non-hydrogen) atoms. The van der Waals surface area contributed by atoms with Crippen molar-refractivity contribution in [3.63, 3.8) is 0 Å². The largest absolute Gasteiger partial charge is 0.469 e. The number of hydrogen-bond donors (Lipinski definition) is 2. The van der Waals surface area contributed by atoms with Crippen molar-refractivity contribution in [1.29, 1.82) is 0 Å². The van der Waals surface area contributed by atoms with Crippen LogP contribution in [0.15, 0.2) is 27.8 Å². The summed E-state index contributed by atoms with van der Waals surface area (Å²) in [6.45, 7) is 2.59. The second-order valence-corrected chi connectivity index (χ2v) is 4.31. The minimum Gasteiger partial charge on any atom is -0.469 e. The van der Waals surface area contributed by atoms with E-state index in [4.69, 9.17) is 9.15 Å². The van der Waals surface area contributed by atoms with Gasteiger partial charge in [-0.15, -0.1) is 0 Å². The summed E-state index contributed by atoms with van der Waals surface area (Å²) in [6.07, 6.45) is 5.97. The molecule has 0 fully saturated rings. The average molecular weight is 267 g/mol. The Bertz CT molecular complexity index is 336. The third kappa shape index (κ3) is 7.51. The fraction of sp³-hybridized carbons (Fsp3) is 0.643. The fourth-order valence-corrected chi connectivity index (χ4v) is 1.73. The van der Waals surface area contributed by atoms with Crippen molar-refractivity contribution >= 4 is 5.96 Å². The number of rotatable bonds is 9.